The lowest BCUT2D eigenvalue weighted by Crippen LogP contribution is -2.57. The number of carboxylic acid groups (broad SMARTS) is 1. The first kappa shape index (κ1) is 15.6. The second kappa shape index (κ2) is 5.91. The van der Waals surface area contributed by atoms with Gasteiger partial charge in [0.2, 0.25) is 0 Å². The summed E-state index contributed by atoms with van der Waals surface area (Å²) in [6.45, 7) is 2.89. The number of nitrogens with zero attached hydrogens (tertiary/aromatic N) is 2. The summed E-state index contributed by atoms with van der Waals surface area (Å²) < 4.78 is 4.74. The molecule has 2 amide bonds. The fourth-order valence-electron chi connectivity index (χ4n) is 3.17. The molecule has 2 atom stereocenters. The Morgan fingerprint density at radius 1 is 1.24 bits per heavy atom. The molecule has 118 valence electrons. The van der Waals surface area contributed by atoms with Crippen LogP contribution in [-0.2, 0) is 14.3 Å². The Hall–Kier alpha value is -1.79. The fraction of sp³-hybridized carbons (Fsp3) is 0.786. The summed E-state index contributed by atoms with van der Waals surface area (Å²) >= 11 is 0. The zero-order valence-corrected chi connectivity index (χ0v) is 12.5. The number of methoxy groups -OCH3 is 1. The average Bonchev–Trinajstić information content (AvgIpc) is 2.89. The van der Waals surface area contributed by atoms with E-state index in [1.165, 1.54) is 12.0 Å². The number of hydrogen-bond donors (Lipinski definition) is 1. The van der Waals surface area contributed by atoms with E-state index in [1.807, 2.05) is 0 Å². The Morgan fingerprint density at radius 3 is 2.57 bits per heavy atom. The summed E-state index contributed by atoms with van der Waals surface area (Å²) in [4.78, 5) is 38.7. The van der Waals surface area contributed by atoms with Crippen LogP contribution < -0.4 is 0 Å². The molecule has 2 aliphatic rings. The van der Waals surface area contributed by atoms with E-state index in [2.05, 4.69) is 0 Å². The van der Waals surface area contributed by atoms with Gasteiger partial charge in [-0.1, -0.05) is 0 Å². The molecular formula is C14H22N2O5. The first-order valence-electron chi connectivity index (χ1n) is 7.28. The number of amides is 2. The quantitative estimate of drug-likeness (QED) is 0.766. The number of aliphatic carboxylic acids is 1. The van der Waals surface area contributed by atoms with Crippen molar-refractivity contribution in [2.24, 2.45) is 5.92 Å². The predicted octanol–water partition coefficient (Wildman–Crippen LogP) is 0.930. The summed E-state index contributed by atoms with van der Waals surface area (Å²) in [5.74, 6) is -1.60. The Kier molecular flexibility index (Phi) is 4.39. The van der Waals surface area contributed by atoms with Crippen LogP contribution in [0.25, 0.3) is 0 Å². The summed E-state index contributed by atoms with van der Waals surface area (Å²) in [5, 5.41) is 9.38. The molecule has 0 aliphatic carbocycles. The highest BCUT2D eigenvalue weighted by atomic mass is 16.5. The second-order valence-electron chi connectivity index (χ2n) is 5.93. The number of carbonyl (C=O) groups excluding carboxylic acids is 2. The fourth-order valence-corrected chi connectivity index (χ4v) is 3.17. The molecule has 2 fully saturated rings. The largest absolute Gasteiger partial charge is 0.480 e. The highest BCUT2D eigenvalue weighted by Crippen LogP contribution is 2.31. The molecule has 0 saturated carbocycles. The number of hydrogen-bond acceptors (Lipinski definition) is 4. The number of carboxylic acids is 1. The van der Waals surface area contributed by atoms with E-state index in [0.29, 0.717) is 38.9 Å². The molecule has 2 heterocycles. The van der Waals surface area contributed by atoms with Crippen LogP contribution >= 0.6 is 0 Å². The van der Waals surface area contributed by atoms with Crippen LogP contribution in [0, 0.1) is 5.92 Å². The number of piperidine rings is 1. The molecule has 2 rings (SSSR count). The van der Waals surface area contributed by atoms with Crippen LogP contribution in [0.15, 0.2) is 0 Å². The lowest BCUT2D eigenvalue weighted by molar-refractivity contribution is -0.149. The van der Waals surface area contributed by atoms with E-state index >= 15 is 0 Å². The van der Waals surface area contributed by atoms with Crippen LogP contribution in [0.5, 0.6) is 0 Å². The first-order valence-corrected chi connectivity index (χ1v) is 7.28. The van der Waals surface area contributed by atoms with Gasteiger partial charge < -0.3 is 19.6 Å². The van der Waals surface area contributed by atoms with Crippen LogP contribution in [0.3, 0.4) is 0 Å². The van der Waals surface area contributed by atoms with Gasteiger partial charge in [-0.3, -0.25) is 4.79 Å². The zero-order chi connectivity index (χ0) is 15.6. The number of likely N-dealkylation sites (tertiary alicyclic amines) is 2. The smallest absolute Gasteiger partial charge is 0.329 e. The lowest BCUT2D eigenvalue weighted by Gasteiger charge is -2.38. The highest BCUT2D eigenvalue weighted by Gasteiger charge is 2.47. The minimum Gasteiger partial charge on any atom is -0.480 e. The monoisotopic (exact) mass is 298 g/mol. The molecule has 2 aliphatic heterocycles. The summed E-state index contributed by atoms with van der Waals surface area (Å²) in [6.07, 6.45) is 2.57. The average molecular weight is 298 g/mol. The van der Waals surface area contributed by atoms with Crippen molar-refractivity contribution in [3.8, 4) is 0 Å². The van der Waals surface area contributed by atoms with Crippen LogP contribution in [0.1, 0.15) is 32.6 Å². The first-order chi connectivity index (χ1) is 9.90. The van der Waals surface area contributed by atoms with Crippen molar-refractivity contribution in [2.45, 2.75) is 38.1 Å². The van der Waals surface area contributed by atoms with E-state index in [0.717, 1.165) is 6.42 Å². The number of carbonyl (C=O) groups is 3. The van der Waals surface area contributed by atoms with E-state index < -0.39 is 11.5 Å². The molecule has 0 aromatic heterocycles. The molecule has 0 radical (unpaired) electrons. The van der Waals surface area contributed by atoms with Crippen molar-refractivity contribution in [3.05, 3.63) is 0 Å². The van der Waals surface area contributed by atoms with Crippen molar-refractivity contribution >= 4 is 18.0 Å². The third kappa shape index (κ3) is 2.82. The molecule has 0 bridgehead atoms. The highest BCUT2D eigenvalue weighted by molar-refractivity contribution is 5.87. The Morgan fingerprint density at radius 2 is 1.95 bits per heavy atom. The molecule has 7 heteroatoms. The van der Waals surface area contributed by atoms with Crippen molar-refractivity contribution in [1.82, 2.24) is 9.80 Å². The van der Waals surface area contributed by atoms with E-state index in [4.69, 9.17) is 4.74 Å². The molecule has 2 unspecified atom stereocenters. The number of esters is 1. The Bertz CT molecular complexity index is 453. The van der Waals surface area contributed by atoms with Crippen LogP contribution in [0.4, 0.5) is 4.79 Å². The third-order valence-corrected chi connectivity index (χ3v) is 4.56. The topological polar surface area (TPSA) is 87.2 Å². The van der Waals surface area contributed by atoms with Crippen LogP contribution in [0.2, 0.25) is 0 Å². The summed E-state index contributed by atoms with van der Waals surface area (Å²) in [6, 6.07) is -0.286. The maximum absolute atomic E-state index is 12.6. The van der Waals surface area contributed by atoms with Gasteiger partial charge in [-0.25, -0.2) is 9.59 Å². The van der Waals surface area contributed by atoms with Gasteiger partial charge in [0.15, 0.2) is 0 Å². The number of ether oxygens (including phenoxy) is 1. The maximum Gasteiger partial charge on any atom is 0.329 e. The summed E-state index contributed by atoms with van der Waals surface area (Å²) in [5.41, 5.74) is -1.14. The Balaban J connectivity index is 2.09. The Labute approximate surface area is 123 Å². The van der Waals surface area contributed by atoms with Gasteiger partial charge in [0.05, 0.1) is 13.0 Å². The van der Waals surface area contributed by atoms with Gasteiger partial charge in [0.25, 0.3) is 0 Å². The molecule has 0 aromatic carbocycles. The molecule has 21 heavy (non-hydrogen) atoms. The van der Waals surface area contributed by atoms with Gasteiger partial charge in [0, 0.05) is 19.6 Å². The molecule has 7 nitrogen and oxygen atoms in total. The van der Waals surface area contributed by atoms with E-state index in [9.17, 15) is 19.5 Å². The third-order valence-electron chi connectivity index (χ3n) is 4.56. The lowest BCUT2D eigenvalue weighted by atomic mass is 9.97. The number of urea groups is 1. The van der Waals surface area contributed by atoms with Gasteiger partial charge in [0.1, 0.15) is 5.54 Å². The maximum atomic E-state index is 12.6. The number of rotatable bonds is 2. The van der Waals surface area contributed by atoms with Gasteiger partial charge in [-0.2, -0.15) is 0 Å². The predicted molar refractivity (Wildman–Crippen MR) is 73.7 cm³/mol. The van der Waals surface area contributed by atoms with Crippen molar-refractivity contribution in [3.63, 3.8) is 0 Å². The van der Waals surface area contributed by atoms with Gasteiger partial charge in [-0.05, 0) is 32.6 Å². The van der Waals surface area contributed by atoms with Gasteiger partial charge >= 0.3 is 18.0 Å². The van der Waals surface area contributed by atoms with Gasteiger partial charge in [-0.15, -0.1) is 0 Å². The standard InChI is InChI=1S/C14H22N2O5/c1-14(12(18)19)6-4-8-16(14)13(20)15-7-3-5-10(9-15)11(17)21-2/h10H,3-9H2,1-2H3,(H,18,19). The SMILES string of the molecule is COC(=O)C1CCCN(C(=O)N2CCCC2(C)C(=O)O)C1. The molecular weight excluding hydrogens is 276 g/mol. The molecule has 0 aromatic rings. The van der Waals surface area contributed by atoms with Crippen LogP contribution in [-0.4, -0.2) is 65.2 Å². The second-order valence-corrected chi connectivity index (χ2v) is 5.93. The zero-order valence-electron chi connectivity index (χ0n) is 12.5. The van der Waals surface area contributed by atoms with E-state index in [1.54, 1.807) is 11.8 Å². The van der Waals surface area contributed by atoms with Crippen molar-refractivity contribution < 1.29 is 24.2 Å². The molecule has 2 saturated heterocycles. The normalized spacial score (nSPS) is 29.3. The minimum atomic E-state index is -1.14. The molecule has 1 N–H and O–H groups in total. The minimum absolute atomic E-state index is 0.286. The van der Waals surface area contributed by atoms with Crippen molar-refractivity contribution in [2.75, 3.05) is 26.7 Å². The van der Waals surface area contributed by atoms with Crippen molar-refractivity contribution in [1.29, 1.82) is 0 Å². The molecule has 0 spiro atoms. The summed E-state index contributed by atoms with van der Waals surface area (Å²) in [7, 11) is 1.34. The van der Waals surface area contributed by atoms with E-state index in [-0.39, 0.29) is 17.9 Å².